The lowest BCUT2D eigenvalue weighted by Gasteiger charge is -2.14. The van der Waals surface area contributed by atoms with Crippen LogP contribution < -0.4 is 0 Å². The second-order valence-corrected chi connectivity index (χ2v) is 5.35. The number of hydrogen-bond acceptors (Lipinski definition) is 5. The van der Waals surface area contributed by atoms with Crippen molar-refractivity contribution in [3.63, 3.8) is 0 Å². The van der Waals surface area contributed by atoms with Crippen molar-refractivity contribution in [2.45, 2.75) is 13.8 Å². The van der Waals surface area contributed by atoms with Crippen molar-refractivity contribution in [3.8, 4) is 0 Å². The van der Waals surface area contributed by atoms with Crippen molar-refractivity contribution in [2.24, 2.45) is 0 Å². The van der Waals surface area contributed by atoms with Gasteiger partial charge in [0.1, 0.15) is 0 Å². The van der Waals surface area contributed by atoms with Gasteiger partial charge in [-0.25, -0.2) is 0 Å². The third-order valence-corrected chi connectivity index (χ3v) is 4.25. The first-order valence-corrected chi connectivity index (χ1v) is 7.08. The van der Waals surface area contributed by atoms with Gasteiger partial charge < -0.3 is 9.05 Å². The smallest absolute Gasteiger partial charge is 0.303 e. The number of thiophene rings is 1. The van der Waals surface area contributed by atoms with Gasteiger partial charge in [0.05, 0.1) is 13.2 Å². The van der Waals surface area contributed by atoms with Gasteiger partial charge in [0.15, 0.2) is 0 Å². The SMILES string of the molecule is CCOP(=O)(OCC)C(=O)c1ccsc1. The fraction of sp³-hybridized carbons (Fsp3) is 0.444. The van der Waals surface area contributed by atoms with Crippen LogP contribution in [0, 0.1) is 0 Å². The topological polar surface area (TPSA) is 52.6 Å². The molecule has 0 aliphatic carbocycles. The third kappa shape index (κ3) is 2.98. The molecule has 1 heterocycles. The summed E-state index contributed by atoms with van der Waals surface area (Å²) in [5.74, 6) is 0. The molecule has 0 fully saturated rings. The average Bonchev–Trinajstić information content (AvgIpc) is 2.70. The predicted molar refractivity (Wildman–Crippen MR) is 59.5 cm³/mol. The van der Waals surface area contributed by atoms with Crippen molar-refractivity contribution in [2.75, 3.05) is 13.2 Å². The van der Waals surface area contributed by atoms with E-state index in [1.807, 2.05) is 0 Å². The van der Waals surface area contributed by atoms with E-state index >= 15 is 0 Å². The highest BCUT2D eigenvalue weighted by Gasteiger charge is 2.35. The summed E-state index contributed by atoms with van der Waals surface area (Å²) in [5.41, 5.74) is -0.183. The third-order valence-electron chi connectivity index (χ3n) is 1.61. The summed E-state index contributed by atoms with van der Waals surface area (Å²) in [6.07, 6.45) is 0. The van der Waals surface area contributed by atoms with E-state index in [4.69, 9.17) is 9.05 Å². The van der Waals surface area contributed by atoms with Crippen LogP contribution in [-0.2, 0) is 13.6 Å². The maximum Gasteiger partial charge on any atom is 0.401 e. The highest BCUT2D eigenvalue weighted by molar-refractivity contribution is 7.72. The van der Waals surface area contributed by atoms with Crippen LogP contribution in [0.25, 0.3) is 0 Å². The minimum atomic E-state index is -3.63. The second kappa shape index (κ2) is 5.56. The summed E-state index contributed by atoms with van der Waals surface area (Å²) in [6.45, 7) is 3.72. The molecule has 0 aliphatic heterocycles. The zero-order chi connectivity index (χ0) is 11.3. The van der Waals surface area contributed by atoms with Gasteiger partial charge in [-0.3, -0.25) is 9.36 Å². The fourth-order valence-corrected chi connectivity index (χ4v) is 3.21. The van der Waals surface area contributed by atoms with Crippen LogP contribution in [0.4, 0.5) is 0 Å². The molecular weight excluding hydrogens is 235 g/mol. The Hall–Kier alpha value is -0.480. The molecular formula is C9H13O4PS. The first-order chi connectivity index (χ1) is 7.14. The summed E-state index contributed by atoms with van der Waals surface area (Å²) in [4.78, 5) is 11.8. The number of carbonyl (C=O) groups is 1. The largest absolute Gasteiger partial charge is 0.401 e. The molecule has 0 radical (unpaired) electrons. The van der Waals surface area contributed by atoms with Gasteiger partial charge in [-0.05, 0) is 25.3 Å². The monoisotopic (exact) mass is 248 g/mol. The molecule has 1 aromatic rings. The quantitative estimate of drug-likeness (QED) is 0.725. The standard InChI is InChI=1S/C9H13O4PS/c1-3-12-14(11,13-4-2)9(10)8-5-6-15-7-8/h5-7H,3-4H2,1-2H3. The zero-order valence-corrected chi connectivity index (χ0v) is 10.3. The van der Waals surface area contributed by atoms with Crippen LogP contribution in [0.3, 0.4) is 0 Å². The van der Waals surface area contributed by atoms with E-state index < -0.39 is 13.1 Å². The molecule has 0 atom stereocenters. The Bertz CT molecular complexity index is 350. The number of carbonyl (C=O) groups excluding carboxylic acids is 1. The Kier molecular flexibility index (Phi) is 4.67. The number of rotatable bonds is 6. The Morgan fingerprint density at radius 2 is 2.00 bits per heavy atom. The molecule has 15 heavy (non-hydrogen) atoms. The molecule has 84 valence electrons. The van der Waals surface area contributed by atoms with Crippen molar-refractivity contribution in [1.82, 2.24) is 0 Å². The van der Waals surface area contributed by atoms with E-state index in [0.717, 1.165) is 0 Å². The first kappa shape index (κ1) is 12.6. The highest BCUT2D eigenvalue weighted by Crippen LogP contribution is 2.51. The Balaban J connectivity index is 2.90. The lowest BCUT2D eigenvalue weighted by atomic mass is 10.4. The van der Waals surface area contributed by atoms with E-state index in [-0.39, 0.29) is 13.2 Å². The molecule has 6 heteroatoms. The molecule has 0 aromatic carbocycles. The molecule has 1 aromatic heterocycles. The molecule has 0 bridgehead atoms. The lowest BCUT2D eigenvalue weighted by Crippen LogP contribution is -2.06. The maximum absolute atomic E-state index is 12.0. The molecule has 0 unspecified atom stereocenters. The van der Waals surface area contributed by atoms with Gasteiger partial charge >= 0.3 is 7.60 Å². The van der Waals surface area contributed by atoms with Crippen molar-refractivity contribution in [3.05, 3.63) is 22.4 Å². The van der Waals surface area contributed by atoms with Crippen molar-refractivity contribution < 1.29 is 18.4 Å². The van der Waals surface area contributed by atoms with Crippen LogP contribution in [0.5, 0.6) is 0 Å². The molecule has 1 rings (SSSR count). The van der Waals surface area contributed by atoms with Gasteiger partial charge in [0.2, 0.25) is 0 Å². The van der Waals surface area contributed by atoms with Gasteiger partial charge in [-0.1, -0.05) is 0 Å². The predicted octanol–water partition coefficient (Wildman–Crippen LogP) is 3.15. The molecule has 0 spiro atoms. The lowest BCUT2D eigenvalue weighted by molar-refractivity contribution is 0.100. The first-order valence-electron chi connectivity index (χ1n) is 4.60. The Morgan fingerprint density at radius 1 is 1.40 bits per heavy atom. The van der Waals surface area contributed by atoms with Gasteiger partial charge in [-0.2, -0.15) is 11.3 Å². The molecule has 0 saturated heterocycles. The van der Waals surface area contributed by atoms with Crippen molar-refractivity contribution in [1.29, 1.82) is 0 Å². The minimum Gasteiger partial charge on any atom is -0.303 e. The van der Waals surface area contributed by atoms with Gasteiger partial charge in [0, 0.05) is 10.9 Å². The second-order valence-electron chi connectivity index (χ2n) is 2.65. The van der Waals surface area contributed by atoms with Crippen LogP contribution >= 0.6 is 18.9 Å². The van der Waals surface area contributed by atoms with Gasteiger partial charge in [0.25, 0.3) is 5.52 Å². The van der Waals surface area contributed by atoms with Crippen LogP contribution in [0.1, 0.15) is 24.2 Å². The Morgan fingerprint density at radius 3 is 2.40 bits per heavy atom. The summed E-state index contributed by atoms with van der Waals surface area (Å²) in [7, 11) is -3.63. The van der Waals surface area contributed by atoms with Crippen LogP contribution in [0.15, 0.2) is 16.8 Å². The summed E-state index contributed by atoms with van der Waals surface area (Å²) >= 11 is 1.37. The molecule has 0 amide bonds. The van der Waals surface area contributed by atoms with Gasteiger partial charge in [-0.15, -0.1) is 0 Å². The normalized spacial score (nSPS) is 11.6. The van der Waals surface area contributed by atoms with Crippen LogP contribution in [0.2, 0.25) is 0 Å². The van der Waals surface area contributed by atoms with Crippen molar-refractivity contribution >= 4 is 24.5 Å². The maximum atomic E-state index is 12.0. The van der Waals surface area contributed by atoms with E-state index in [2.05, 4.69) is 0 Å². The highest BCUT2D eigenvalue weighted by atomic mass is 32.1. The van der Waals surface area contributed by atoms with E-state index in [0.29, 0.717) is 5.56 Å². The van der Waals surface area contributed by atoms with E-state index in [9.17, 15) is 9.36 Å². The van der Waals surface area contributed by atoms with Crippen LogP contribution in [-0.4, -0.2) is 18.7 Å². The summed E-state index contributed by atoms with van der Waals surface area (Å²) in [6, 6.07) is 1.61. The van der Waals surface area contributed by atoms with E-state index in [1.54, 1.807) is 30.7 Å². The Labute approximate surface area is 92.7 Å². The average molecular weight is 248 g/mol. The molecule has 0 N–H and O–H groups in total. The van der Waals surface area contributed by atoms with E-state index in [1.165, 1.54) is 11.3 Å². The summed E-state index contributed by atoms with van der Waals surface area (Å²) in [5, 5.41) is 3.38. The molecule has 0 saturated carbocycles. The zero-order valence-electron chi connectivity index (χ0n) is 8.63. The molecule has 0 aliphatic rings. The minimum absolute atomic E-state index is 0.188. The fourth-order valence-electron chi connectivity index (χ4n) is 1.04. The molecule has 4 nitrogen and oxygen atoms in total. The summed E-state index contributed by atoms with van der Waals surface area (Å²) < 4.78 is 21.9. The number of hydrogen-bond donors (Lipinski definition) is 0.